The molecular weight excluding hydrogens is 324 g/mol. The monoisotopic (exact) mass is 352 g/mol. The molecule has 2 nitrogen and oxygen atoms in total. The molecule has 0 amide bonds. The van der Waals surface area contributed by atoms with Crippen molar-refractivity contribution in [1.29, 1.82) is 0 Å². The van der Waals surface area contributed by atoms with Crippen LogP contribution in [-0.4, -0.2) is 17.6 Å². The van der Waals surface area contributed by atoms with Gasteiger partial charge in [0, 0.05) is 22.9 Å². The molecule has 3 heteroatoms. The van der Waals surface area contributed by atoms with Crippen molar-refractivity contribution in [2.75, 3.05) is 6.54 Å². The van der Waals surface area contributed by atoms with Gasteiger partial charge < -0.3 is 5.32 Å². The molecule has 0 aliphatic heterocycles. The molecule has 1 aliphatic rings. The van der Waals surface area contributed by atoms with Crippen LogP contribution in [0.5, 0.6) is 0 Å². The lowest BCUT2D eigenvalue weighted by atomic mass is 9.65. The van der Waals surface area contributed by atoms with E-state index >= 15 is 0 Å². The second-order valence-electron chi connectivity index (χ2n) is 7.12. The fourth-order valence-corrected chi connectivity index (χ4v) is 4.19. The minimum atomic E-state index is 0.448. The zero-order valence-corrected chi connectivity index (χ0v) is 15.2. The molecule has 1 aliphatic carbocycles. The van der Waals surface area contributed by atoms with Crippen molar-refractivity contribution in [2.45, 2.75) is 65.3 Å². The van der Waals surface area contributed by atoms with E-state index in [1.54, 1.807) is 0 Å². The maximum absolute atomic E-state index is 4.32. The van der Waals surface area contributed by atoms with Gasteiger partial charge >= 0.3 is 0 Å². The molecule has 1 fully saturated rings. The first-order chi connectivity index (χ1) is 10.0. The highest BCUT2D eigenvalue weighted by Gasteiger charge is 2.37. The van der Waals surface area contributed by atoms with Crippen molar-refractivity contribution >= 4 is 15.9 Å². The van der Waals surface area contributed by atoms with Gasteiger partial charge in [-0.25, -0.2) is 0 Å². The molecule has 118 valence electrons. The van der Waals surface area contributed by atoms with Gasteiger partial charge in [0.2, 0.25) is 0 Å². The van der Waals surface area contributed by atoms with E-state index in [0.29, 0.717) is 11.5 Å². The third-order valence-electron chi connectivity index (χ3n) is 4.95. The summed E-state index contributed by atoms with van der Waals surface area (Å²) in [6.45, 7) is 8.27. The third-order valence-corrected chi connectivity index (χ3v) is 5.38. The molecule has 0 radical (unpaired) electrons. The number of hydrogen-bond donors (Lipinski definition) is 1. The second kappa shape index (κ2) is 7.73. The minimum absolute atomic E-state index is 0.448. The van der Waals surface area contributed by atoms with Gasteiger partial charge in [0.05, 0.1) is 0 Å². The Bertz CT molecular complexity index is 445. The van der Waals surface area contributed by atoms with Gasteiger partial charge in [-0.3, -0.25) is 4.98 Å². The zero-order valence-electron chi connectivity index (χ0n) is 13.7. The number of pyridine rings is 1. The Balaban J connectivity index is 2.13. The van der Waals surface area contributed by atoms with E-state index < -0.39 is 0 Å². The summed E-state index contributed by atoms with van der Waals surface area (Å²) in [5.74, 6) is 0.761. The van der Waals surface area contributed by atoms with E-state index in [9.17, 15) is 0 Å². The standard InChI is InChI=1S/C18H29BrN2/c1-4-9-21-17(11-14-10-15(19)13-20-12-14)16-7-5-6-8-18(16,2)3/h10,12-13,16-17,21H,4-9,11H2,1-3H3. The van der Waals surface area contributed by atoms with Crippen LogP contribution in [0.25, 0.3) is 0 Å². The number of halogens is 1. The molecule has 1 heterocycles. The van der Waals surface area contributed by atoms with Crippen LogP contribution >= 0.6 is 15.9 Å². The Morgan fingerprint density at radius 1 is 1.38 bits per heavy atom. The predicted octanol–water partition coefficient (Wildman–Crippen LogP) is 4.97. The van der Waals surface area contributed by atoms with Crippen LogP contribution in [0.2, 0.25) is 0 Å². The van der Waals surface area contributed by atoms with Crippen LogP contribution in [0, 0.1) is 11.3 Å². The quantitative estimate of drug-likeness (QED) is 0.781. The maximum atomic E-state index is 4.32. The van der Waals surface area contributed by atoms with Crippen molar-refractivity contribution in [2.24, 2.45) is 11.3 Å². The molecule has 0 saturated heterocycles. The second-order valence-corrected chi connectivity index (χ2v) is 8.03. The van der Waals surface area contributed by atoms with E-state index in [-0.39, 0.29) is 0 Å². The molecule has 0 aromatic carbocycles. The van der Waals surface area contributed by atoms with Crippen LogP contribution in [0.3, 0.4) is 0 Å². The lowest BCUT2D eigenvalue weighted by Gasteiger charge is -2.43. The summed E-state index contributed by atoms with van der Waals surface area (Å²) in [4.78, 5) is 4.32. The first-order valence-corrected chi connectivity index (χ1v) is 9.15. The van der Waals surface area contributed by atoms with Crippen LogP contribution < -0.4 is 5.32 Å². The Labute approximate surface area is 138 Å². The molecule has 1 aromatic heterocycles. The van der Waals surface area contributed by atoms with Crippen molar-refractivity contribution in [3.8, 4) is 0 Å². The van der Waals surface area contributed by atoms with Crippen molar-refractivity contribution < 1.29 is 0 Å². The van der Waals surface area contributed by atoms with Crippen LogP contribution in [0.1, 0.15) is 58.4 Å². The summed E-state index contributed by atoms with van der Waals surface area (Å²) in [6, 6.07) is 2.78. The van der Waals surface area contributed by atoms with Crippen LogP contribution in [-0.2, 0) is 6.42 Å². The number of rotatable bonds is 6. The SMILES string of the molecule is CCCNC(Cc1cncc(Br)c1)C1CCCCC1(C)C. The molecule has 1 aromatic rings. The molecule has 0 spiro atoms. The smallest absolute Gasteiger partial charge is 0.0410 e. The number of aromatic nitrogens is 1. The van der Waals surface area contributed by atoms with E-state index in [1.165, 1.54) is 37.7 Å². The van der Waals surface area contributed by atoms with Crippen molar-refractivity contribution in [1.82, 2.24) is 10.3 Å². The lowest BCUT2D eigenvalue weighted by molar-refractivity contribution is 0.0981. The number of hydrogen-bond acceptors (Lipinski definition) is 2. The van der Waals surface area contributed by atoms with Crippen LogP contribution in [0.4, 0.5) is 0 Å². The first-order valence-electron chi connectivity index (χ1n) is 8.36. The van der Waals surface area contributed by atoms with Gasteiger partial charge in [0.1, 0.15) is 0 Å². The van der Waals surface area contributed by atoms with Gasteiger partial charge in [-0.1, -0.05) is 33.6 Å². The van der Waals surface area contributed by atoms with Crippen LogP contribution in [0.15, 0.2) is 22.9 Å². The molecule has 21 heavy (non-hydrogen) atoms. The average Bonchev–Trinajstić information content (AvgIpc) is 2.43. The molecule has 1 N–H and O–H groups in total. The Hall–Kier alpha value is -0.410. The molecular formula is C18H29BrN2. The van der Waals surface area contributed by atoms with Gasteiger partial charge in [-0.2, -0.15) is 0 Å². The van der Waals surface area contributed by atoms with Crippen molar-refractivity contribution in [3.63, 3.8) is 0 Å². The normalized spacial score (nSPS) is 23.0. The largest absolute Gasteiger partial charge is 0.313 e. The first kappa shape index (κ1) is 17.0. The van der Waals surface area contributed by atoms with E-state index in [4.69, 9.17) is 0 Å². The fraction of sp³-hybridized carbons (Fsp3) is 0.722. The summed E-state index contributed by atoms with van der Waals surface area (Å²) < 4.78 is 1.08. The number of nitrogens with zero attached hydrogens (tertiary/aromatic N) is 1. The van der Waals surface area contributed by atoms with Gasteiger partial charge in [0.25, 0.3) is 0 Å². The summed E-state index contributed by atoms with van der Waals surface area (Å²) in [6.07, 6.45) is 11.6. The summed E-state index contributed by atoms with van der Waals surface area (Å²) >= 11 is 3.54. The molecule has 1 saturated carbocycles. The highest BCUT2D eigenvalue weighted by atomic mass is 79.9. The molecule has 2 unspecified atom stereocenters. The molecule has 2 rings (SSSR count). The Morgan fingerprint density at radius 2 is 2.19 bits per heavy atom. The van der Waals surface area contributed by atoms with Gasteiger partial charge in [0.15, 0.2) is 0 Å². The van der Waals surface area contributed by atoms with E-state index in [0.717, 1.165) is 23.4 Å². The summed E-state index contributed by atoms with van der Waals surface area (Å²) in [5, 5.41) is 3.82. The fourth-order valence-electron chi connectivity index (χ4n) is 3.77. The highest BCUT2D eigenvalue weighted by molar-refractivity contribution is 9.10. The Kier molecular flexibility index (Phi) is 6.24. The number of nitrogens with one attached hydrogen (secondary N) is 1. The highest BCUT2D eigenvalue weighted by Crippen LogP contribution is 2.43. The predicted molar refractivity (Wildman–Crippen MR) is 93.5 cm³/mol. The van der Waals surface area contributed by atoms with Crippen molar-refractivity contribution in [3.05, 3.63) is 28.5 Å². The average molecular weight is 353 g/mol. The Morgan fingerprint density at radius 3 is 2.86 bits per heavy atom. The summed E-state index contributed by atoms with van der Waals surface area (Å²) in [5.41, 5.74) is 1.78. The lowest BCUT2D eigenvalue weighted by Crippen LogP contribution is -2.46. The van der Waals surface area contributed by atoms with E-state index in [2.05, 4.69) is 53.1 Å². The maximum Gasteiger partial charge on any atom is 0.0410 e. The third kappa shape index (κ3) is 4.79. The summed E-state index contributed by atoms with van der Waals surface area (Å²) in [7, 11) is 0. The van der Waals surface area contributed by atoms with Gasteiger partial charge in [-0.15, -0.1) is 0 Å². The molecule has 2 atom stereocenters. The zero-order chi connectivity index (χ0) is 15.3. The molecule has 0 bridgehead atoms. The van der Waals surface area contributed by atoms with Gasteiger partial charge in [-0.05, 0) is 71.1 Å². The topological polar surface area (TPSA) is 24.9 Å². The van der Waals surface area contributed by atoms with E-state index in [1.807, 2.05) is 12.4 Å². The minimum Gasteiger partial charge on any atom is -0.313 e.